The highest BCUT2D eigenvalue weighted by Gasteiger charge is 2.21. The molecule has 0 saturated heterocycles. The third kappa shape index (κ3) is 4.41. The van der Waals surface area contributed by atoms with Gasteiger partial charge in [0.2, 0.25) is 0 Å². The van der Waals surface area contributed by atoms with Gasteiger partial charge in [0.05, 0.1) is 5.69 Å². The standard InChI is InChI=1S/C17H21N5O2S/c1-22-6-5-13-14(10-22)25-17(20-13)21-16(24)15(23)19-9-12-4-2-3-11(7-12)8-18/h2-4,7H,5-6,8-10,18H2,1H3,(H,19,23)(H,20,21,24). The molecule has 25 heavy (non-hydrogen) atoms. The second-order valence-corrected chi connectivity index (χ2v) is 7.12. The number of carbonyl (C=O) groups is 2. The lowest BCUT2D eigenvalue weighted by Gasteiger charge is -2.20. The molecule has 8 heteroatoms. The number of rotatable bonds is 4. The Morgan fingerprint density at radius 1 is 1.32 bits per heavy atom. The topological polar surface area (TPSA) is 100 Å². The summed E-state index contributed by atoms with van der Waals surface area (Å²) >= 11 is 1.43. The van der Waals surface area contributed by atoms with Crippen LogP contribution in [0.15, 0.2) is 24.3 Å². The molecule has 0 fully saturated rings. The van der Waals surface area contributed by atoms with E-state index < -0.39 is 11.8 Å². The minimum atomic E-state index is -0.700. The first-order chi connectivity index (χ1) is 12.0. The normalized spacial score (nSPS) is 14.0. The molecule has 4 N–H and O–H groups in total. The molecule has 2 heterocycles. The van der Waals surface area contributed by atoms with Crippen LogP contribution in [0.5, 0.6) is 0 Å². The lowest BCUT2D eigenvalue weighted by atomic mass is 10.1. The summed E-state index contributed by atoms with van der Waals surface area (Å²) in [6.45, 7) is 2.49. The highest BCUT2D eigenvalue weighted by atomic mass is 32.1. The zero-order valence-electron chi connectivity index (χ0n) is 14.0. The number of likely N-dealkylation sites (N-methyl/N-ethyl adjacent to an activating group) is 1. The van der Waals surface area contributed by atoms with E-state index in [2.05, 4.69) is 20.5 Å². The van der Waals surface area contributed by atoms with Gasteiger partial charge in [0, 0.05) is 37.5 Å². The maximum absolute atomic E-state index is 12.0. The van der Waals surface area contributed by atoms with E-state index in [4.69, 9.17) is 5.73 Å². The number of amides is 2. The quantitative estimate of drug-likeness (QED) is 0.703. The van der Waals surface area contributed by atoms with Gasteiger partial charge in [0.15, 0.2) is 5.13 Å². The Hall–Kier alpha value is -2.29. The number of hydrogen-bond acceptors (Lipinski definition) is 6. The summed E-state index contributed by atoms with van der Waals surface area (Å²) in [6.07, 6.45) is 0.863. The highest BCUT2D eigenvalue weighted by molar-refractivity contribution is 7.16. The smallest absolute Gasteiger partial charge is 0.315 e. The number of anilines is 1. The van der Waals surface area contributed by atoms with Gasteiger partial charge in [-0.05, 0) is 18.2 Å². The van der Waals surface area contributed by atoms with Crippen LogP contribution in [-0.2, 0) is 35.6 Å². The maximum atomic E-state index is 12.0. The summed E-state index contributed by atoms with van der Waals surface area (Å²) < 4.78 is 0. The van der Waals surface area contributed by atoms with Crippen LogP contribution in [-0.4, -0.2) is 35.3 Å². The van der Waals surface area contributed by atoms with Gasteiger partial charge < -0.3 is 16.0 Å². The molecule has 0 spiro atoms. The number of nitrogens with one attached hydrogen (secondary N) is 2. The predicted octanol–water partition coefficient (Wildman–Crippen LogP) is 0.845. The Bertz CT molecular complexity index is 789. The molecule has 3 rings (SSSR count). The fourth-order valence-corrected chi connectivity index (χ4v) is 3.74. The molecule has 0 aliphatic carbocycles. The van der Waals surface area contributed by atoms with Crippen LogP contribution in [0.25, 0.3) is 0 Å². The van der Waals surface area contributed by atoms with Crippen LogP contribution < -0.4 is 16.4 Å². The number of carbonyl (C=O) groups excluding carboxylic acids is 2. The highest BCUT2D eigenvalue weighted by Crippen LogP contribution is 2.27. The maximum Gasteiger partial charge on any atom is 0.315 e. The average Bonchev–Trinajstić information content (AvgIpc) is 3.01. The summed E-state index contributed by atoms with van der Waals surface area (Å²) in [4.78, 5) is 31.8. The summed E-state index contributed by atoms with van der Waals surface area (Å²) in [5.74, 6) is -1.38. The SMILES string of the molecule is CN1CCc2nc(NC(=O)C(=O)NCc3cccc(CN)c3)sc2C1. The summed E-state index contributed by atoms with van der Waals surface area (Å²) in [5, 5.41) is 5.68. The van der Waals surface area contributed by atoms with Gasteiger partial charge in [-0.3, -0.25) is 14.9 Å². The van der Waals surface area contributed by atoms with Crippen molar-refractivity contribution in [2.45, 2.75) is 26.1 Å². The molecule has 2 aromatic rings. The number of thiazole rings is 1. The molecule has 1 aromatic heterocycles. The largest absolute Gasteiger partial charge is 0.344 e. The predicted molar refractivity (Wildman–Crippen MR) is 97.0 cm³/mol. The molecular weight excluding hydrogens is 338 g/mol. The molecule has 2 amide bonds. The van der Waals surface area contributed by atoms with E-state index in [1.807, 2.05) is 31.3 Å². The molecule has 7 nitrogen and oxygen atoms in total. The summed E-state index contributed by atoms with van der Waals surface area (Å²) in [5.41, 5.74) is 8.49. The first-order valence-corrected chi connectivity index (χ1v) is 8.91. The number of nitrogens with two attached hydrogens (primary N) is 1. The fourth-order valence-electron chi connectivity index (χ4n) is 2.66. The van der Waals surface area contributed by atoms with Gasteiger partial charge in [-0.2, -0.15) is 0 Å². The number of hydrogen-bond donors (Lipinski definition) is 3. The van der Waals surface area contributed by atoms with E-state index in [0.717, 1.165) is 41.2 Å². The van der Waals surface area contributed by atoms with Crippen molar-refractivity contribution in [3.63, 3.8) is 0 Å². The molecule has 1 aliphatic heterocycles. The molecule has 0 unspecified atom stereocenters. The van der Waals surface area contributed by atoms with Crippen molar-refractivity contribution in [3.8, 4) is 0 Å². The first kappa shape index (κ1) is 17.5. The third-order valence-corrected chi connectivity index (χ3v) is 5.03. The fraction of sp³-hybridized carbons (Fsp3) is 0.353. The van der Waals surface area contributed by atoms with E-state index in [9.17, 15) is 9.59 Å². The lowest BCUT2D eigenvalue weighted by molar-refractivity contribution is -0.136. The van der Waals surface area contributed by atoms with Crippen LogP contribution in [0.1, 0.15) is 21.7 Å². The molecule has 0 saturated carbocycles. The minimum Gasteiger partial charge on any atom is -0.344 e. The van der Waals surface area contributed by atoms with Crippen LogP contribution >= 0.6 is 11.3 Å². The Kier molecular flexibility index (Phi) is 5.42. The van der Waals surface area contributed by atoms with Gasteiger partial charge in [-0.25, -0.2) is 4.98 Å². The lowest BCUT2D eigenvalue weighted by Crippen LogP contribution is -2.35. The van der Waals surface area contributed by atoms with Gasteiger partial charge in [-0.15, -0.1) is 11.3 Å². The first-order valence-electron chi connectivity index (χ1n) is 8.09. The van der Waals surface area contributed by atoms with Crippen LogP contribution in [0.3, 0.4) is 0 Å². The van der Waals surface area contributed by atoms with Crippen molar-refractivity contribution < 1.29 is 9.59 Å². The Balaban J connectivity index is 1.55. The molecule has 1 aliphatic rings. The van der Waals surface area contributed by atoms with Crippen molar-refractivity contribution in [2.24, 2.45) is 5.73 Å². The molecule has 1 aromatic carbocycles. The molecule has 0 bridgehead atoms. The zero-order valence-corrected chi connectivity index (χ0v) is 14.9. The Labute approximate surface area is 150 Å². The van der Waals surface area contributed by atoms with Crippen LogP contribution in [0.2, 0.25) is 0 Å². The summed E-state index contributed by atoms with van der Waals surface area (Å²) in [6, 6.07) is 7.58. The Morgan fingerprint density at radius 3 is 2.92 bits per heavy atom. The monoisotopic (exact) mass is 359 g/mol. The molecular formula is C17H21N5O2S. The molecule has 0 atom stereocenters. The number of aromatic nitrogens is 1. The second-order valence-electron chi connectivity index (χ2n) is 6.04. The number of fused-ring (bicyclic) bond motifs is 1. The second kappa shape index (κ2) is 7.73. The van der Waals surface area contributed by atoms with E-state index in [-0.39, 0.29) is 6.54 Å². The summed E-state index contributed by atoms with van der Waals surface area (Å²) in [7, 11) is 2.05. The minimum absolute atomic E-state index is 0.277. The van der Waals surface area contributed by atoms with Gasteiger partial charge in [0.25, 0.3) is 0 Å². The van der Waals surface area contributed by atoms with Crippen molar-refractivity contribution in [1.82, 2.24) is 15.2 Å². The van der Waals surface area contributed by atoms with Crippen molar-refractivity contribution in [3.05, 3.63) is 46.0 Å². The van der Waals surface area contributed by atoms with Crippen LogP contribution in [0.4, 0.5) is 5.13 Å². The van der Waals surface area contributed by atoms with Gasteiger partial charge in [0.1, 0.15) is 0 Å². The van der Waals surface area contributed by atoms with E-state index in [1.165, 1.54) is 11.3 Å². The van der Waals surface area contributed by atoms with Gasteiger partial charge in [-0.1, -0.05) is 24.3 Å². The third-order valence-electron chi connectivity index (χ3n) is 4.03. The van der Waals surface area contributed by atoms with Crippen molar-refractivity contribution in [2.75, 3.05) is 18.9 Å². The van der Waals surface area contributed by atoms with Gasteiger partial charge >= 0.3 is 11.8 Å². The Morgan fingerprint density at radius 2 is 2.12 bits per heavy atom. The van der Waals surface area contributed by atoms with Crippen LogP contribution in [0, 0.1) is 0 Å². The van der Waals surface area contributed by atoms with E-state index in [0.29, 0.717) is 11.7 Å². The zero-order chi connectivity index (χ0) is 17.8. The molecule has 132 valence electrons. The van der Waals surface area contributed by atoms with E-state index >= 15 is 0 Å². The number of benzene rings is 1. The average molecular weight is 359 g/mol. The molecule has 0 radical (unpaired) electrons. The van der Waals surface area contributed by atoms with Crippen molar-refractivity contribution in [1.29, 1.82) is 0 Å². The van der Waals surface area contributed by atoms with E-state index in [1.54, 1.807) is 0 Å². The number of nitrogens with zero attached hydrogens (tertiary/aromatic N) is 2. The van der Waals surface area contributed by atoms with Crippen molar-refractivity contribution >= 4 is 28.3 Å².